The van der Waals surface area contributed by atoms with E-state index < -0.39 is 11.7 Å². The van der Waals surface area contributed by atoms with Crippen molar-refractivity contribution in [1.82, 2.24) is 0 Å². The van der Waals surface area contributed by atoms with E-state index in [9.17, 15) is 13.2 Å². The summed E-state index contributed by atoms with van der Waals surface area (Å²) >= 11 is 4.52. The van der Waals surface area contributed by atoms with Gasteiger partial charge in [-0.2, -0.15) is 13.2 Å². The van der Waals surface area contributed by atoms with E-state index >= 15 is 0 Å². The average molecular weight is 204 g/mol. The van der Waals surface area contributed by atoms with Crippen LogP contribution in [0.1, 0.15) is 11.1 Å². The summed E-state index contributed by atoms with van der Waals surface area (Å²) in [6.07, 6.45) is -4.11. The van der Waals surface area contributed by atoms with Crippen LogP contribution in [0.2, 0.25) is 0 Å². The molecule has 0 saturated heterocycles. The standard InChI is InChI=1S/C9H7F3S/c10-9(11,12)8-4-2-1-3-7(8)5-6-13/h1-4,6H,5H2. The molecule has 0 amide bonds. The molecule has 1 rings (SSSR count). The maximum atomic E-state index is 12.3. The highest BCUT2D eigenvalue weighted by Gasteiger charge is 2.32. The van der Waals surface area contributed by atoms with Crippen LogP contribution in [0.15, 0.2) is 24.3 Å². The second-order valence-electron chi connectivity index (χ2n) is 2.53. The van der Waals surface area contributed by atoms with Crippen LogP contribution in [-0.4, -0.2) is 5.37 Å². The van der Waals surface area contributed by atoms with Gasteiger partial charge in [0.05, 0.1) is 5.56 Å². The van der Waals surface area contributed by atoms with Gasteiger partial charge in [0.25, 0.3) is 0 Å². The van der Waals surface area contributed by atoms with Crippen molar-refractivity contribution in [1.29, 1.82) is 0 Å². The monoisotopic (exact) mass is 204 g/mol. The van der Waals surface area contributed by atoms with Gasteiger partial charge in [-0.05, 0) is 17.0 Å². The quantitative estimate of drug-likeness (QED) is 0.666. The Morgan fingerprint density at radius 1 is 1.23 bits per heavy atom. The third-order valence-corrected chi connectivity index (χ3v) is 1.79. The summed E-state index contributed by atoms with van der Waals surface area (Å²) in [6, 6.07) is 5.44. The fourth-order valence-electron chi connectivity index (χ4n) is 1.06. The summed E-state index contributed by atoms with van der Waals surface area (Å²) in [5.41, 5.74) is -0.374. The smallest absolute Gasteiger partial charge is 0.166 e. The van der Waals surface area contributed by atoms with E-state index in [0.29, 0.717) is 0 Å². The van der Waals surface area contributed by atoms with Crippen LogP contribution >= 0.6 is 12.2 Å². The second-order valence-corrected chi connectivity index (χ2v) is 2.86. The van der Waals surface area contributed by atoms with Crippen LogP contribution in [0.5, 0.6) is 0 Å². The van der Waals surface area contributed by atoms with E-state index in [-0.39, 0.29) is 12.0 Å². The molecule has 0 saturated carbocycles. The Morgan fingerprint density at radius 3 is 2.38 bits per heavy atom. The molecule has 1 aromatic rings. The Labute approximate surface area is 79.4 Å². The van der Waals surface area contributed by atoms with Gasteiger partial charge in [0, 0.05) is 6.42 Å². The van der Waals surface area contributed by atoms with E-state index in [0.717, 1.165) is 6.07 Å². The molecule has 0 nitrogen and oxygen atoms in total. The first-order valence-electron chi connectivity index (χ1n) is 3.64. The Balaban J connectivity index is 3.11. The number of hydrogen-bond acceptors (Lipinski definition) is 1. The van der Waals surface area contributed by atoms with Gasteiger partial charge < -0.3 is 0 Å². The van der Waals surface area contributed by atoms with Gasteiger partial charge in [-0.25, -0.2) is 0 Å². The third-order valence-electron chi connectivity index (χ3n) is 1.63. The van der Waals surface area contributed by atoms with Crippen molar-refractivity contribution in [3.05, 3.63) is 35.4 Å². The molecular formula is C9H7F3S. The molecule has 13 heavy (non-hydrogen) atoms. The predicted molar refractivity (Wildman–Crippen MR) is 48.8 cm³/mol. The van der Waals surface area contributed by atoms with Crippen molar-refractivity contribution in [2.75, 3.05) is 0 Å². The van der Waals surface area contributed by atoms with E-state index in [1.807, 2.05) is 0 Å². The molecule has 0 aliphatic carbocycles. The van der Waals surface area contributed by atoms with Gasteiger partial charge in [0.15, 0.2) is 0 Å². The minimum absolute atomic E-state index is 0.172. The van der Waals surface area contributed by atoms with Crippen molar-refractivity contribution in [2.24, 2.45) is 0 Å². The van der Waals surface area contributed by atoms with Crippen LogP contribution in [0.3, 0.4) is 0 Å². The molecule has 70 valence electrons. The van der Waals surface area contributed by atoms with Crippen molar-refractivity contribution < 1.29 is 13.2 Å². The molecule has 0 fully saturated rings. The molecule has 4 heteroatoms. The third kappa shape index (κ3) is 2.52. The minimum Gasteiger partial charge on any atom is -0.166 e. The topological polar surface area (TPSA) is 0 Å². The van der Waals surface area contributed by atoms with Crippen molar-refractivity contribution in [2.45, 2.75) is 12.6 Å². The van der Waals surface area contributed by atoms with Gasteiger partial charge in [-0.3, -0.25) is 0 Å². The number of rotatable bonds is 2. The zero-order valence-corrected chi connectivity index (χ0v) is 7.45. The molecule has 0 N–H and O–H groups in total. The fourth-order valence-corrected chi connectivity index (χ4v) is 1.24. The molecule has 0 aliphatic rings. The molecule has 0 bridgehead atoms. The Bertz CT molecular complexity index is 304. The zero-order chi connectivity index (χ0) is 9.90. The highest BCUT2D eigenvalue weighted by molar-refractivity contribution is 7.78. The number of hydrogen-bond donors (Lipinski definition) is 0. The number of halogens is 3. The van der Waals surface area contributed by atoms with Crippen molar-refractivity contribution in [3.8, 4) is 0 Å². The zero-order valence-electron chi connectivity index (χ0n) is 6.64. The number of thiocarbonyl (C=S) groups is 1. The number of alkyl halides is 3. The van der Waals surface area contributed by atoms with E-state index in [1.165, 1.54) is 17.5 Å². The number of benzene rings is 1. The first kappa shape index (κ1) is 10.2. The van der Waals surface area contributed by atoms with Gasteiger partial charge in [-0.15, -0.1) is 0 Å². The molecule has 0 radical (unpaired) electrons. The lowest BCUT2D eigenvalue weighted by atomic mass is 10.1. The first-order chi connectivity index (χ1) is 6.05. The van der Waals surface area contributed by atoms with Crippen molar-refractivity contribution in [3.63, 3.8) is 0 Å². The van der Waals surface area contributed by atoms with Gasteiger partial charge in [0.1, 0.15) is 0 Å². The van der Waals surface area contributed by atoms with E-state index in [4.69, 9.17) is 0 Å². The normalized spacial score (nSPS) is 11.3. The van der Waals surface area contributed by atoms with Crippen LogP contribution in [-0.2, 0) is 12.6 Å². The predicted octanol–water partition coefficient (Wildman–Crippen LogP) is 3.25. The van der Waals surface area contributed by atoms with Gasteiger partial charge in [-0.1, -0.05) is 30.4 Å². The average Bonchev–Trinajstić information content (AvgIpc) is 2.04. The van der Waals surface area contributed by atoms with Gasteiger partial charge >= 0.3 is 6.18 Å². The fraction of sp³-hybridized carbons (Fsp3) is 0.222. The molecule has 0 aliphatic heterocycles. The van der Waals surface area contributed by atoms with Crippen LogP contribution in [0, 0.1) is 0 Å². The highest BCUT2D eigenvalue weighted by atomic mass is 32.1. The van der Waals surface area contributed by atoms with Crippen molar-refractivity contribution >= 4 is 17.6 Å². The Morgan fingerprint density at radius 2 is 1.85 bits per heavy atom. The molecule has 0 aromatic heterocycles. The van der Waals surface area contributed by atoms with Crippen LogP contribution in [0.4, 0.5) is 13.2 Å². The summed E-state index contributed by atoms with van der Waals surface area (Å²) in [6.45, 7) is 0. The minimum atomic E-state index is -4.28. The molecule has 0 spiro atoms. The van der Waals surface area contributed by atoms with E-state index in [1.54, 1.807) is 6.07 Å². The van der Waals surface area contributed by atoms with Crippen LogP contribution in [0.25, 0.3) is 0 Å². The van der Waals surface area contributed by atoms with Crippen LogP contribution < -0.4 is 0 Å². The molecular weight excluding hydrogens is 197 g/mol. The SMILES string of the molecule is FC(F)(F)c1ccccc1CC=S. The summed E-state index contributed by atoms with van der Waals surface area (Å²) < 4.78 is 37.0. The summed E-state index contributed by atoms with van der Waals surface area (Å²) in [5, 5.41) is 1.30. The maximum Gasteiger partial charge on any atom is 0.416 e. The summed E-state index contributed by atoms with van der Waals surface area (Å²) in [4.78, 5) is 0. The lowest BCUT2D eigenvalue weighted by Gasteiger charge is -2.10. The molecule has 0 unspecified atom stereocenters. The lowest BCUT2D eigenvalue weighted by Crippen LogP contribution is -2.08. The molecule has 1 aromatic carbocycles. The molecule has 0 atom stereocenters. The summed E-state index contributed by atoms with van der Waals surface area (Å²) in [5.74, 6) is 0. The molecule has 0 heterocycles. The van der Waals surface area contributed by atoms with E-state index in [2.05, 4.69) is 12.2 Å². The second kappa shape index (κ2) is 3.87. The maximum absolute atomic E-state index is 12.3. The Kier molecular flexibility index (Phi) is 3.03. The first-order valence-corrected chi connectivity index (χ1v) is 4.11. The Hall–Kier alpha value is -0.900. The highest BCUT2D eigenvalue weighted by Crippen LogP contribution is 2.31. The summed E-state index contributed by atoms with van der Waals surface area (Å²) in [7, 11) is 0. The largest absolute Gasteiger partial charge is 0.416 e. The van der Waals surface area contributed by atoms with Gasteiger partial charge in [0.2, 0.25) is 0 Å². The lowest BCUT2D eigenvalue weighted by molar-refractivity contribution is -0.138.